The predicted octanol–water partition coefficient (Wildman–Crippen LogP) is 3.83. The van der Waals surface area contributed by atoms with Gasteiger partial charge in [0.05, 0.1) is 12.7 Å². The maximum absolute atomic E-state index is 11.9. The Morgan fingerprint density at radius 3 is 2.88 bits per heavy atom. The van der Waals surface area contributed by atoms with Gasteiger partial charge in [-0.2, -0.15) is 0 Å². The molecule has 0 saturated carbocycles. The lowest BCUT2D eigenvalue weighted by molar-refractivity contribution is -0.0331. The lowest BCUT2D eigenvalue weighted by Gasteiger charge is -2.33. The largest absolute Gasteiger partial charge is 0.508 e. The summed E-state index contributed by atoms with van der Waals surface area (Å²) in [7, 11) is 0. The van der Waals surface area contributed by atoms with E-state index in [1.165, 1.54) is 12.1 Å². The van der Waals surface area contributed by atoms with Gasteiger partial charge in [0.25, 0.3) is 0 Å². The first-order valence-electron chi connectivity index (χ1n) is 8.44. The molecule has 6 heteroatoms. The molecular weight excluding hydrogens is 398 g/mol. The minimum Gasteiger partial charge on any atom is -0.508 e. The zero-order valence-electron chi connectivity index (χ0n) is 14.0. The van der Waals surface area contributed by atoms with Crippen molar-refractivity contribution < 1.29 is 14.3 Å². The van der Waals surface area contributed by atoms with Crippen LogP contribution in [-0.4, -0.2) is 29.7 Å². The number of nitrogens with zero attached hydrogens (tertiary/aromatic N) is 1. The van der Waals surface area contributed by atoms with Gasteiger partial charge in [-0.15, -0.1) is 0 Å². The van der Waals surface area contributed by atoms with Crippen molar-refractivity contribution >= 4 is 26.9 Å². The van der Waals surface area contributed by atoms with Gasteiger partial charge in [0.1, 0.15) is 11.3 Å². The summed E-state index contributed by atoms with van der Waals surface area (Å²) in [5, 5.41) is 10.5. The van der Waals surface area contributed by atoms with E-state index < -0.39 is 5.63 Å². The van der Waals surface area contributed by atoms with Crippen LogP contribution in [0.3, 0.4) is 0 Å². The molecule has 5 nitrogen and oxygen atoms in total. The standard InChI is InChI=1S/C20H18BrNO4/c21-17-4-2-1-3-16(17)19-12-22(7-8-25-19)11-13-9-20(24)26-18-10-14(23)5-6-15(13)18/h1-6,9-10,19,23H,7-8,11-12H2. The van der Waals surface area contributed by atoms with Crippen LogP contribution in [0.25, 0.3) is 11.0 Å². The van der Waals surface area contributed by atoms with Crippen molar-refractivity contribution in [2.45, 2.75) is 12.6 Å². The Morgan fingerprint density at radius 1 is 1.19 bits per heavy atom. The van der Waals surface area contributed by atoms with E-state index in [-0.39, 0.29) is 11.9 Å². The van der Waals surface area contributed by atoms with Crippen molar-refractivity contribution in [3.8, 4) is 5.75 Å². The molecule has 2 aromatic carbocycles. The molecular formula is C20H18BrNO4. The molecule has 0 aliphatic carbocycles. The molecule has 1 fully saturated rings. The van der Waals surface area contributed by atoms with Crippen molar-refractivity contribution in [1.82, 2.24) is 4.90 Å². The number of ether oxygens (including phenoxy) is 1. The second-order valence-electron chi connectivity index (χ2n) is 6.39. The van der Waals surface area contributed by atoms with Gasteiger partial charge in [-0.05, 0) is 29.3 Å². The summed E-state index contributed by atoms with van der Waals surface area (Å²) in [6.07, 6.45) is -0.0187. The molecule has 0 spiro atoms. The van der Waals surface area contributed by atoms with Gasteiger partial charge in [0, 0.05) is 41.6 Å². The Hall–Kier alpha value is -2.15. The molecule has 4 rings (SSSR count). The minimum atomic E-state index is -0.409. The van der Waals surface area contributed by atoms with Gasteiger partial charge >= 0.3 is 5.63 Å². The van der Waals surface area contributed by atoms with E-state index in [1.807, 2.05) is 18.2 Å². The third-order valence-electron chi connectivity index (χ3n) is 4.61. The van der Waals surface area contributed by atoms with Crippen LogP contribution in [0.4, 0.5) is 0 Å². The summed E-state index contributed by atoms with van der Waals surface area (Å²) in [6.45, 7) is 2.78. The number of aromatic hydroxyl groups is 1. The molecule has 1 atom stereocenters. The molecule has 0 radical (unpaired) electrons. The van der Waals surface area contributed by atoms with Crippen LogP contribution >= 0.6 is 15.9 Å². The first-order valence-corrected chi connectivity index (χ1v) is 9.23. The van der Waals surface area contributed by atoms with Crippen LogP contribution in [0.15, 0.2) is 62.2 Å². The Bertz CT molecular complexity index is 1000. The zero-order valence-corrected chi connectivity index (χ0v) is 15.6. The van der Waals surface area contributed by atoms with Gasteiger partial charge < -0.3 is 14.3 Å². The summed E-state index contributed by atoms with van der Waals surface area (Å²) < 4.78 is 12.2. The highest BCUT2D eigenvalue weighted by molar-refractivity contribution is 9.10. The Balaban J connectivity index is 1.60. The van der Waals surface area contributed by atoms with Crippen molar-refractivity contribution in [2.75, 3.05) is 19.7 Å². The molecule has 1 N–H and O–H groups in total. The van der Waals surface area contributed by atoms with Crippen LogP contribution < -0.4 is 5.63 Å². The number of phenols is 1. The average Bonchev–Trinajstić information content (AvgIpc) is 2.62. The molecule has 2 heterocycles. The van der Waals surface area contributed by atoms with E-state index in [0.717, 1.165) is 34.1 Å². The first-order chi connectivity index (χ1) is 12.6. The lowest BCUT2D eigenvalue weighted by Crippen LogP contribution is -2.38. The predicted molar refractivity (Wildman–Crippen MR) is 102 cm³/mol. The monoisotopic (exact) mass is 415 g/mol. The fourth-order valence-corrected chi connectivity index (χ4v) is 3.90. The van der Waals surface area contributed by atoms with Crippen LogP contribution in [0.2, 0.25) is 0 Å². The number of halogens is 1. The molecule has 1 unspecified atom stereocenters. The summed E-state index contributed by atoms with van der Waals surface area (Å²) in [5.41, 5.74) is 2.01. The van der Waals surface area contributed by atoms with Crippen molar-refractivity contribution in [3.63, 3.8) is 0 Å². The third kappa shape index (κ3) is 3.53. The van der Waals surface area contributed by atoms with Gasteiger partial charge in [-0.25, -0.2) is 4.79 Å². The van der Waals surface area contributed by atoms with Gasteiger partial charge in [0.2, 0.25) is 0 Å². The fraction of sp³-hybridized carbons (Fsp3) is 0.250. The van der Waals surface area contributed by atoms with Gasteiger partial charge in [-0.3, -0.25) is 4.90 Å². The lowest BCUT2D eigenvalue weighted by atomic mass is 10.1. The van der Waals surface area contributed by atoms with Crippen LogP contribution in [0, 0.1) is 0 Å². The van der Waals surface area contributed by atoms with E-state index in [0.29, 0.717) is 18.7 Å². The molecule has 1 saturated heterocycles. The first kappa shape index (κ1) is 17.3. The molecule has 0 amide bonds. The van der Waals surface area contributed by atoms with Gasteiger partial charge in [0.15, 0.2) is 0 Å². The molecule has 0 bridgehead atoms. The van der Waals surface area contributed by atoms with E-state index in [9.17, 15) is 9.90 Å². The number of rotatable bonds is 3. The van der Waals surface area contributed by atoms with Gasteiger partial charge in [-0.1, -0.05) is 34.1 Å². The fourth-order valence-electron chi connectivity index (χ4n) is 3.36. The molecule has 3 aromatic rings. The second-order valence-corrected chi connectivity index (χ2v) is 7.24. The van der Waals surface area contributed by atoms with Crippen LogP contribution in [-0.2, 0) is 11.3 Å². The highest BCUT2D eigenvalue weighted by atomic mass is 79.9. The zero-order chi connectivity index (χ0) is 18.1. The van der Waals surface area contributed by atoms with Crippen molar-refractivity contribution in [3.05, 3.63) is 74.6 Å². The Kier molecular flexibility index (Phi) is 4.80. The van der Waals surface area contributed by atoms with Crippen molar-refractivity contribution in [1.29, 1.82) is 0 Å². The number of hydrogen-bond donors (Lipinski definition) is 1. The topological polar surface area (TPSA) is 62.9 Å². The smallest absolute Gasteiger partial charge is 0.336 e. The maximum Gasteiger partial charge on any atom is 0.336 e. The highest BCUT2D eigenvalue weighted by Crippen LogP contribution is 2.30. The number of phenolic OH excluding ortho intramolecular Hbond substituents is 1. The molecule has 1 aliphatic heterocycles. The molecule has 134 valence electrons. The van der Waals surface area contributed by atoms with E-state index in [2.05, 4.69) is 26.9 Å². The molecule has 26 heavy (non-hydrogen) atoms. The summed E-state index contributed by atoms with van der Waals surface area (Å²) in [6, 6.07) is 14.5. The quantitative estimate of drug-likeness (QED) is 0.658. The summed E-state index contributed by atoms with van der Waals surface area (Å²) in [5.74, 6) is 0.0816. The summed E-state index contributed by atoms with van der Waals surface area (Å²) in [4.78, 5) is 14.2. The molecule has 1 aromatic heterocycles. The average molecular weight is 416 g/mol. The minimum absolute atomic E-state index is 0.0187. The number of fused-ring (bicyclic) bond motifs is 1. The van der Waals surface area contributed by atoms with Crippen molar-refractivity contribution in [2.24, 2.45) is 0 Å². The van der Waals surface area contributed by atoms with Crippen LogP contribution in [0.1, 0.15) is 17.2 Å². The second kappa shape index (κ2) is 7.23. The Labute approximate surface area is 158 Å². The number of morpholine rings is 1. The normalized spacial score (nSPS) is 18.3. The van der Waals surface area contributed by atoms with Crippen LogP contribution in [0.5, 0.6) is 5.75 Å². The van der Waals surface area contributed by atoms with E-state index in [4.69, 9.17) is 9.15 Å². The number of hydrogen-bond acceptors (Lipinski definition) is 5. The highest BCUT2D eigenvalue weighted by Gasteiger charge is 2.24. The molecule has 1 aliphatic rings. The third-order valence-corrected chi connectivity index (χ3v) is 5.33. The Morgan fingerprint density at radius 2 is 2.04 bits per heavy atom. The summed E-state index contributed by atoms with van der Waals surface area (Å²) >= 11 is 3.59. The SMILES string of the molecule is O=c1cc(CN2CCOC(c3ccccc3Br)C2)c2ccc(O)cc2o1. The van der Waals surface area contributed by atoms with E-state index >= 15 is 0 Å². The maximum atomic E-state index is 11.9. The van der Waals surface area contributed by atoms with E-state index in [1.54, 1.807) is 12.1 Å². The number of benzene rings is 2.